The highest BCUT2D eigenvalue weighted by Gasteiger charge is 2.35. The second-order valence-electron chi connectivity index (χ2n) is 5.28. The number of carboxylic acid groups (broad SMARTS) is 1. The number of nitrogens with one attached hydrogen (secondary N) is 1. The Morgan fingerprint density at radius 1 is 1.55 bits per heavy atom. The van der Waals surface area contributed by atoms with Gasteiger partial charge in [-0.3, -0.25) is 0 Å². The second kappa shape index (κ2) is 5.19. The van der Waals surface area contributed by atoms with Gasteiger partial charge in [-0.05, 0) is 13.0 Å². The fourth-order valence-corrected chi connectivity index (χ4v) is 3.21. The molecular formula is C12H18N2O5S. The van der Waals surface area contributed by atoms with Gasteiger partial charge in [-0.1, -0.05) is 6.92 Å². The Bertz CT molecular complexity index is 616. The predicted octanol–water partition coefficient (Wildman–Crippen LogP) is 0.521. The Morgan fingerprint density at radius 2 is 2.20 bits per heavy atom. The normalized spacial score (nSPS) is 17.7. The van der Waals surface area contributed by atoms with Crippen LogP contribution < -0.4 is 4.72 Å². The van der Waals surface area contributed by atoms with E-state index in [9.17, 15) is 13.2 Å². The lowest BCUT2D eigenvalue weighted by molar-refractivity contribution is -0.0965. The van der Waals surface area contributed by atoms with E-state index in [0.29, 0.717) is 19.8 Å². The number of aromatic carboxylic acids is 1. The first-order valence-corrected chi connectivity index (χ1v) is 7.77. The maximum atomic E-state index is 12.2. The molecule has 0 saturated carbocycles. The smallest absolute Gasteiger partial charge is 0.352 e. The Hall–Kier alpha value is -1.38. The topological polar surface area (TPSA) is 97.6 Å². The zero-order valence-corrected chi connectivity index (χ0v) is 12.2. The quantitative estimate of drug-likeness (QED) is 0.798. The van der Waals surface area contributed by atoms with E-state index < -0.39 is 16.0 Å². The van der Waals surface area contributed by atoms with Gasteiger partial charge in [0.05, 0.1) is 13.2 Å². The van der Waals surface area contributed by atoms with E-state index in [2.05, 4.69) is 4.72 Å². The van der Waals surface area contributed by atoms with Gasteiger partial charge in [0.1, 0.15) is 10.6 Å². The molecule has 8 heteroatoms. The van der Waals surface area contributed by atoms with Gasteiger partial charge < -0.3 is 14.4 Å². The minimum atomic E-state index is -3.70. The predicted molar refractivity (Wildman–Crippen MR) is 71.2 cm³/mol. The minimum Gasteiger partial charge on any atom is -0.477 e. The Kier molecular flexibility index (Phi) is 3.90. The molecule has 1 aliphatic heterocycles. The van der Waals surface area contributed by atoms with Gasteiger partial charge in [-0.15, -0.1) is 0 Å². The van der Waals surface area contributed by atoms with E-state index in [-0.39, 0.29) is 22.5 Å². The van der Waals surface area contributed by atoms with E-state index in [1.54, 1.807) is 6.92 Å². The van der Waals surface area contributed by atoms with E-state index in [1.807, 2.05) is 6.92 Å². The van der Waals surface area contributed by atoms with E-state index in [0.717, 1.165) is 0 Å². The minimum absolute atomic E-state index is 0.0272. The monoisotopic (exact) mass is 302 g/mol. The van der Waals surface area contributed by atoms with Crippen LogP contribution in [0.4, 0.5) is 0 Å². The number of aromatic nitrogens is 1. The van der Waals surface area contributed by atoms with Crippen LogP contribution in [0.15, 0.2) is 17.2 Å². The molecule has 1 aliphatic rings. The highest BCUT2D eigenvalue weighted by molar-refractivity contribution is 7.89. The standard InChI is InChI=1S/C12H18N2O5S/c1-3-14-5-9(4-10(14)11(15)16)20(17,18)13-6-12(2)7-19-8-12/h4-5,13H,3,6-8H2,1-2H3,(H,15,16). The van der Waals surface area contributed by atoms with Crippen LogP contribution >= 0.6 is 0 Å². The molecule has 1 saturated heterocycles. The van der Waals surface area contributed by atoms with Crippen molar-refractivity contribution in [2.75, 3.05) is 19.8 Å². The van der Waals surface area contributed by atoms with Crippen LogP contribution in [0.2, 0.25) is 0 Å². The first-order chi connectivity index (χ1) is 9.27. The van der Waals surface area contributed by atoms with Gasteiger partial charge in [-0.25, -0.2) is 17.9 Å². The number of aryl methyl sites for hydroxylation is 1. The zero-order chi connectivity index (χ0) is 15.0. The van der Waals surface area contributed by atoms with E-state index in [1.165, 1.54) is 16.8 Å². The van der Waals surface area contributed by atoms with Gasteiger partial charge in [0.15, 0.2) is 0 Å². The molecule has 0 atom stereocenters. The molecule has 2 N–H and O–H groups in total. The average molecular weight is 302 g/mol. The maximum Gasteiger partial charge on any atom is 0.352 e. The number of rotatable bonds is 6. The van der Waals surface area contributed by atoms with Crippen molar-refractivity contribution in [2.45, 2.75) is 25.3 Å². The van der Waals surface area contributed by atoms with Crippen molar-refractivity contribution in [3.63, 3.8) is 0 Å². The summed E-state index contributed by atoms with van der Waals surface area (Å²) >= 11 is 0. The first kappa shape index (κ1) is 15.0. The van der Waals surface area contributed by atoms with Gasteiger partial charge in [0, 0.05) is 24.7 Å². The highest BCUT2D eigenvalue weighted by Crippen LogP contribution is 2.26. The van der Waals surface area contributed by atoms with E-state index in [4.69, 9.17) is 9.84 Å². The average Bonchev–Trinajstić information content (AvgIpc) is 2.79. The molecule has 0 aliphatic carbocycles. The van der Waals surface area contributed by atoms with Gasteiger partial charge in [0.25, 0.3) is 0 Å². The number of carbonyl (C=O) groups is 1. The lowest BCUT2D eigenvalue weighted by Crippen LogP contribution is -2.48. The third-order valence-electron chi connectivity index (χ3n) is 3.33. The SMILES string of the molecule is CCn1cc(S(=O)(=O)NCC2(C)COC2)cc1C(=O)O. The zero-order valence-electron chi connectivity index (χ0n) is 11.4. The first-order valence-electron chi connectivity index (χ1n) is 6.28. The molecule has 2 heterocycles. The molecule has 112 valence electrons. The highest BCUT2D eigenvalue weighted by atomic mass is 32.2. The Morgan fingerprint density at radius 3 is 2.60 bits per heavy atom. The Labute approximate surface area is 117 Å². The third-order valence-corrected chi connectivity index (χ3v) is 4.70. The largest absolute Gasteiger partial charge is 0.477 e. The molecule has 7 nitrogen and oxygen atoms in total. The molecule has 0 aromatic carbocycles. The number of hydrogen-bond donors (Lipinski definition) is 2. The third kappa shape index (κ3) is 2.87. The molecule has 0 spiro atoms. The molecule has 2 rings (SSSR count). The van der Waals surface area contributed by atoms with Crippen LogP contribution in [-0.2, 0) is 21.3 Å². The van der Waals surface area contributed by atoms with Crippen molar-refractivity contribution in [3.05, 3.63) is 18.0 Å². The van der Waals surface area contributed by atoms with Crippen molar-refractivity contribution < 1.29 is 23.1 Å². The van der Waals surface area contributed by atoms with Crippen LogP contribution in [0.5, 0.6) is 0 Å². The fourth-order valence-electron chi connectivity index (χ4n) is 1.98. The van der Waals surface area contributed by atoms with Crippen LogP contribution in [0, 0.1) is 5.41 Å². The molecule has 1 aromatic rings. The van der Waals surface area contributed by atoms with Crippen LogP contribution in [-0.4, -0.2) is 43.8 Å². The van der Waals surface area contributed by atoms with Gasteiger partial charge >= 0.3 is 5.97 Å². The summed E-state index contributed by atoms with van der Waals surface area (Å²) in [5.74, 6) is -1.15. The van der Waals surface area contributed by atoms with Gasteiger partial charge in [0.2, 0.25) is 10.0 Å². The molecule has 0 amide bonds. The summed E-state index contributed by atoms with van der Waals surface area (Å²) in [4.78, 5) is 11.0. The molecule has 0 radical (unpaired) electrons. The maximum absolute atomic E-state index is 12.2. The number of sulfonamides is 1. The molecule has 20 heavy (non-hydrogen) atoms. The Balaban J connectivity index is 2.18. The van der Waals surface area contributed by atoms with Crippen LogP contribution in [0.25, 0.3) is 0 Å². The summed E-state index contributed by atoms with van der Waals surface area (Å²) in [5.41, 5.74) is -0.221. The lowest BCUT2D eigenvalue weighted by Gasteiger charge is -2.37. The summed E-state index contributed by atoms with van der Waals surface area (Å²) in [6.07, 6.45) is 1.34. The fraction of sp³-hybridized carbons (Fsp3) is 0.583. The molecule has 0 unspecified atom stereocenters. The molecule has 1 fully saturated rings. The second-order valence-corrected chi connectivity index (χ2v) is 7.05. The molecular weight excluding hydrogens is 284 g/mol. The summed E-state index contributed by atoms with van der Waals surface area (Å²) in [5, 5.41) is 9.03. The number of carboxylic acids is 1. The summed E-state index contributed by atoms with van der Waals surface area (Å²) in [6, 6.07) is 1.17. The summed E-state index contributed by atoms with van der Waals surface area (Å²) in [7, 11) is -3.70. The van der Waals surface area contributed by atoms with Crippen molar-refractivity contribution in [2.24, 2.45) is 5.41 Å². The van der Waals surface area contributed by atoms with Crippen LogP contribution in [0.1, 0.15) is 24.3 Å². The van der Waals surface area contributed by atoms with Gasteiger partial charge in [-0.2, -0.15) is 0 Å². The molecule has 0 bridgehead atoms. The van der Waals surface area contributed by atoms with Crippen molar-refractivity contribution >= 4 is 16.0 Å². The molecule has 1 aromatic heterocycles. The lowest BCUT2D eigenvalue weighted by atomic mass is 9.89. The summed E-state index contributed by atoms with van der Waals surface area (Å²) in [6.45, 7) is 5.39. The number of nitrogens with zero attached hydrogens (tertiary/aromatic N) is 1. The van der Waals surface area contributed by atoms with Crippen molar-refractivity contribution in [1.82, 2.24) is 9.29 Å². The van der Waals surface area contributed by atoms with Crippen molar-refractivity contribution in [3.8, 4) is 0 Å². The van der Waals surface area contributed by atoms with E-state index >= 15 is 0 Å². The van der Waals surface area contributed by atoms with Crippen molar-refractivity contribution in [1.29, 1.82) is 0 Å². The number of ether oxygens (including phenoxy) is 1. The van der Waals surface area contributed by atoms with Crippen LogP contribution in [0.3, 0.4) is 0 Å². The number of hydrogen-bond acceptors (Lipinski definition) is 4. The summed E-state index contributed by atoms with van der Waals surface area (Å²) < 4.78 is 33.3.